The van der Waals surface area contributed by atoms with Crippen LogP contribution in [-0.4, -0.2) is 36.4 Å². The number of carbonyl (C=O) groups excluding carboxylic acids is 2. The molecule has 5 nitrogen and oxygen atoms in total. The van der Waals surface area contributed by atoms with E-state index in [2.05, 4.69) is 5.32 Å². The average molecular weight is 380 g/mol. The van der Waals surface area contributed by atoms with Crippen LogP contribution < -0.4 is 10.1 Å². The first-order chi connectivity index (χ1) is 13.7. The summed E-state index contributed by atoms with van der Waals surface area (Å²) in [5.74, 6) is 0.945. The largest absolute Gasteiger partial charge is 0.494 e. The molecule has 0 radical (unpaired) electrons. The monoisotopic (exact) mass is 380 g/mol. The Morgan fingerprint density at radius 3 is 2.46 bits per heavy atom. The molecule has 28 heavy (non-hydrogen) atoms. The number of nitrogens with zero attached hydrogens (tertiary/aromatic N) is 1. The Balaban J connectivity index is 1.46. The highest BCUT2D eigenvalue weighted by atomic mass is 16.5. The molecule has 2 aromatic carbocycles. The van der Waals surface area contributed by atoms with E-state index >= 15 is 0 Å². The molecule has 0 atom stereocenters. The predicted octanol–water partition coefficient (Wildman–Crippen LogP) is 3.57. The number of para-hydroxylation sites is 1. The van der Waals surface area contributed by atoms with E-state index in [0.717, 1.165) is 42.8 Å². The highest BCUT2D eigenvalue weighted by Gasteiger charge is 2.19. The Hall–Kier alpha value is -2.82. The molecule has 0 spiro atoms. The van der Waals surface area contributed by atoms with Crippen LogP contribution in [0.1, 0.15) is 47.7 Å². The summed E-state index contributed by atoms with van der Waals surface area (Å²) in [6, 6.07) is 15.3. The van der Waals surface area contributed by atoms with Gasteiger partial charge < -0.3 is 15.0 Å². The van der Waals surface area contributed by atoms with Crippen LogP contribution in [0.15, 0.2) is 48.5 Å². The van der Waals surface area contributed by atoms with Gasteiger partial charge >= 0.3 is 0 Å². The summed E-state index contributed by atoms with van der Waals surface area (Å²) in [5, 5.41) is 2.95. The van der Waals surface area contributed by atoms with Crippen molar-refractivity contribution in [3.05, 3.63) is 65.2 Å². The van der Waals surface area contributed by atoms with Crippen LogP contribution in [0.25, 0.3) is 0 Å². The third-order valence-corrected chi connectivity index (χ3v) is 4.98. The summed E-state index contributed by atoms with van der Waals surface area (Å²) in [5.41, 5.74) is 2.75. The van der Waals surface area contributed by atoms with Crippen LogP contribution in [0, 0.1) is 0 Å². The van der Waals surface area contributed by atoms with Crippen molar-refractivity contribution < 1.29 is 14.3 Å². The Morgan fingerprint density at radius 2 is 1.75 bits per heavy atom. The summed E-state index contributed by atoms with van der Waals surface area (Å²) in [6.45, 7) is 4.73. The highest BCUT2D eigenvalue weighted by molar-refractivity contribution is 5.94. The molecule has 1 fully saturated rings. The SMILES string of the molecule is CCOc1ccccc1CCC(=O)NCc1ccc(C(=O)N2CCCC2)cc1. The third-order valence-electron chi connectivity index (χ3n) is 4.98. The minimum atomic E-state index is 0.00326. The number of benzene rings is 2. The van der Waals surface area contributed by atoms with Gasteiger partial charge in [0, 0.05) is 31.6 Å². The topological polar surface area (TPSA) is 58.6 Å². The number of carbonyl (C=O) groups is 2. The van der Waals surface area contributed by atoms with Gasteiger partial charge in [-0.2, -0.15) is 0 Å². The molecule has 5 heteroatoms. The average Bonchev–Trinajstić information content (AvgIpc) is 3.26. The number of rotatable bonds is 8. The van der Waals surface area contributed by atoms with Gasteiger partial charge in [-0.25, -0.2) is 0 Å². The molecule has 1 saturated heterocycles. The fourth-order valence-corrected chi connectivity index (χ4v) is 3.41. The molecule has 148 valence electrons. The van der Waals surface area contributed by atoms with E-state index in [1.54, 1.807) is 0 Å². The van der Waals surface area contributed by atoms with E-state index in [0.29, 0.717) is 31.6 Å². The zero-order valence-corrected chi connectivity index (χ0v) is 16.4. The number of nitrogens with one attached hydrogen (secondary N) is 1. The van der Waals surface area contributed by atoms with Gasteiger partial charge in [0.05, 0.1) is 6.61 Å². The van der Waals surface area contributed by atoms with E-state index < -0.39 is 0 Å². The summed E-state index contributed by atoms with van der Waals surface area (Å²) < 4.78 is 5.60. The summed E-state index contributed by atoms with van der Waals surface area (Å²) >= 11 is 0. The number of amides is 2. The number of hydrogen-bond acceptors (Lipinski definition) is 3. The van der Waals surface area contributed by atoms with Gasteiger partial charge in [-0.05, 0) is 55.5 Å². The van der Waals surface area contributed by atoms with Crippen molar-refractivity contribution in [2.45, 2.75) is 39.2 Å². The van der Waals surface area contributed by atoms with Gasteiger partial charge in [0.25, 0.3) is 5.91 Å². The van der Waals surface area contributed by atoms with E-state index in [1.165, 1.54) is 0 Å². The summed E-state index contributed by atoms with van der Waals surface area (Å²) in [6.07, 6.45) is 3.23. The van der Waals surface area contributed by atoms with Crippen molar-refractivity contribution in [1.82, 2.24) is 10.2 Å². The van der Waals surface area contributed by atoms with Gasteiger partial charge in [-0.3, -0.25) is 9.59 Å². The first-order valence-corrected chi connectivity index (χ1v) is 10.0. The van der Waals surface area contributed by atoms with E-state index in [9.17, 15) is 9.59 Å². The van der Waals surface area contributed by atoms with Gasteiger partial charge in [0.1, 0.15) is 5.75 Å². The maximum absolute atomic E-state index is 12.4. The zero-order valence-electron chi connectivity index (χ0n) is 16.4. The second kappa shape index (κ2) is 9.93. The Labute approximate surface area is 166 Å². The minimum Gasteiger partial charge on any atom is -0.494 e. The summed E-state index contributed by atoms with van der Waals surface area (Å²) in [4.78, 5) is 26.5. The number of hydrogen-bond donors (Lipinski definition) is 1. The zero-order chi connectivity index (χ0) is 19.8. The van der Waals surface area contributed by atoms with Crippen LogP contribution in [-0.2, 0) is 17.8 Å². The molecule has 0 aromatic heterocycles. The maximum atomic E-state index is 12.4. The molecule has 2 amide bonds. The van der Waals surface area contributed by atoms with Crippen LogP contribution in [0.4, 0.5) is 0 Å². The number of ether oxygens (including phenoxy) is 1. The summed E-state index contributed by atoms with van der Waals surface area (Å²) in [7, 11) is 0. The van der Waals surface area contributed by atoms with E-state index in [-0.39, 0.29) is 11.8 Å². The predicted molar refractivity (Wildman–Crippen MR) is 109 cm³/mol. The van der Waals surface area contributed by atoms with Crippen molar-refractivity contribution in [2.75, 3.05) is 19.7 Å². The van der Waals surface area contributed by atoms with E-state index in [4.69, 9.17) is 4.74 Å². The molecular weight excluding hydrogens is 352 g/mol. The third kappa shape index (κ3) is 5.35. The van der Waals surface area contributed by atoms with Crippen molar-refractivity contribution in [3.63, 3.8) is 0 Å². The fourth-order valence-electron chi connectivity index (χ4n) is 3.41. The number of aryl methyl sites for hydroxylation is 1. The second-order valence-corrected chi connectivity index (χ2v) is 7.01. The first kappa shape index (κ1) is 19.9. The lowest BCUT2D eigenvalue weighted by Gasteiger charge is -2.15. The smallest absolute Gasteiger partial charge is 0.253 e. The lowest BCUT2D eigenvalue weighted by molar-refractivity contribution is -0.121. The number of likely N-dealkylation sites (tertiary alicyclic amines) is 1. The molecule has 0 aliphatic carbocycles. The minimum absolute atomic E-state index is 0.00326. The van der Waals surface area contributed by atoms with Crippen molar-refractivity contribution in [3.8, 4) is 5.75 Å². The molecule has 0 saturated carbocycles. The molecular formula is C23H28N2O3. The van der Waals surface area contributed by atoms with E-state index in [1.807, 2.05) is 60.4 Å². The van der Waals surface area contributed by atoms with Crippen LogP contribution in [0.2, 0.25) is 0 Å². The van der Waals surface area contributed by atoms with Crippen LogP contribution >= 0.6 is 0 Å². The van der Waals surface area contributed by atoms with Crippen LogP contribution in [0.3, 0.4) is 0 Å². The standard InChI is InChI=1S/C23H28N2O3/c1-2-28-21-8-4-3-7-19(21)13-14-22(26)24-17-18-9-11-20(12-10-18)23(27)25-15-5-6-16-25/h3-4,7-12H,2,5-6,13-17H2,1H3,(H,24,26). The van der Waals surface area contributed by atoms with Crippen LogP contribution in [0.5, 0.6) is 5.75 Å². The molecule has 1 heterocycles. The molecule has 2 aromatic rings. The Bertz CT molecular complexity index is 796. The van der Waals surface area contributed by atoms with Crippen molar-refractivity contribution in [1.29, 1.82) is 0 Å². The Morgan fingerprint density at radius 1 is 1.04 bits per heavy atom. The molecule has 0 bridgehead atoms. The quantitative estimate of drug-likeness (QED) is 0.762. The van der Waals surface area contributed by atoms with Gasteiger partial charge in [-0.1, -0.05) is 30.3 Å². The van der Waals surface area contributed by atoms with Gasteiger partial charge in [0.2, 0.25) is 5.91 Å². The van der Waals surface area contributed by atoms with Gasteiger partial charge in [0.15, 0.2) is 0 Å². The first-order valence-electron chi connectivity index (χ1n) is 10.0. The fraction of sp³-hybridized carbons (Fsp3) is 0.391. The Kier molecular flexibility index (Phi) is 7.06. The lowest BCUT2D eigenvalue weighted by Crippen LogP contribution is -2.27. The van der Waals surface area contributed by atoms with Crippen molar-refractivity contribution in [2.24, 2.45) is 0 Å². The lowest BCUT2D eigenvalue weighted by atomic mass is 10.1. The molecule has 1 aliphatic rings. The molecule has 1 N–H and O–H groups in total. The van der Waals surface area contributed by atoms with Crippen molar-refractivity contribution >= 4 is 11.8 Å². The molecule has 1 aliphatic heterocycles. The molecule has 0 unspecified atom stereocenters. The second-order valence-electron chi connectivity index (χ2n) is 7.01. The molecule has 3 rings (SSSR count). The maximum Gasteiger partial charge on any atom is 0.253 e. The normalized spacial score (nSPS) is 13.4. The highest BCUT2D eigenvalue weighted by Crippen LogP contribution is 2.19. The van der Waals surface area contributed by atoms with Gasteiger partial charge in [-0.15, -0.1) is 0 Å².